The van der Waals surface area contributed by atoms with Gasteiger partial charge in [-0.2, -0.15) is 0 Å². The minimum absolute atomic E-state index is 0.130. The van der Waals surface area contributed by atoms with Crippen LogP contribution in [-0.2, 0) is 0 Å². The fraction of sp³-hybridized carbons (Fsp3) is 0.632. The van der Waals surface area contributed by atoms with Gasteiger partial charge in [-0.3, -0.25) is 4.79 Å². The number of piperidine rings is 1. The van der Waals surface area contributed by atoms with E-state index in [0.29, 0.717) is 22.9 Å². The Morgan fingerprint density at radius 3 is 2.67 bits per heavy atom. The Balaban J connectivity index is 1.71. The molecule has 2 unspecified atom stereocenters. The van der Waals surface area contributed by atoms with E-state index in [2.05, 4.69) is 24.1 Å². The van der Waals surface area contributed by atoms with Crippen molar-refractivity contribution in [1.29, 1.82) is 0 Å². The maximum Gasteiger partial charge on any atom is 0.255 e. The van der Waals surface area contributed by atoms with Crippen LogP contribution in [-0.4, -0.2) is 44.1 Å². The van der Waals surface area contributed by atoms with Crippen LogP contribution in [0.5, 0.6) is 5.75 Å². The third-order valence-electron chi connectivity index (χ3n) is 4.54. The third kappa shape index (κ3) is 5.67. The number of carbonyl (C=O) groups is 1. The monoisotopic (exact) mass is 352 g/mol. The number of hydrogen-bond acceptors (Lipinski definition) is 3. The van der Waals surface area contributed by atoms with Gasteiger partial charge in [0.05, 0.1) is 12.7 Å². The van der Waals surface area contributed by atoms with Crippen molar-refractivity contribution in [3.05, 3.63) is 28.8 Å². The SMILES string of the molecule is COc1ccc(Cl)cc1C(=O)NCCCCN1CC(C)CC(C)C1. The number of hydrogen-bond donors (Lipinski definition) is 1. The Labute approximate surface area is 150 Å². The second-order valence-corrected chi connectivity index (χ2v) is 7.45. The van der Waals surface area contributed by atoms with Crippen molar-refractivity contribution in [2.45, 2.75) is 33.1 Å². The van der Waals surface area contributed by atoms with E-state index in [1.807, 2.05) is 0 Å². The van der Waals surface area contributed by atoms with Crippen LogP contribution in [0.3, 0.4) is 0 Å². The van der Waals surface area contributed by atoms with Gasteiger partial charge in [0, 0.05) is 24.7 Å². The van der Waals surface area contributed by atoms with Crippen molar-refractivity contribution in [1.82, 2.24) is 10.2 Å². The molecule has 1 saturated heterocycles. The molecule has 4 nitrogen and oxygen atoms in total. The van der Waals surface area contributed by atoms with Crippen LogP contribution in [0.1, 0.15) is 43.5 Å². The van der Waals surface area contributed by atoms with Gasteiger partial charge < -0.3 is 15.0 Å². The summed E-state index contributed by atoms with van der Waals surface area (Å²) < 4.78 is 5.22. The van der Waals surface area contributed by atoms with Gasteiger partial charge in [-0.15, -0.1) is 0 Å². The number of amides is 1. The van der Waals surface area contributed by atoms with Gasteiger partial charge in [-0.05, 0) is 55.8 Å². The van der Waals surface area contributed by atoms with E-state index in [1.165, 1.54) is 19.5 Å². The summed E-state index contributed by atoms with van der Waals surface area (Å²) >= 11 is 5.97. The zero-order valence-electron chi connectivity index (χ0n) is 15.0. The summed E-state index contributed by atoms with van der Waals surface area (Å²) in [6.07, 6.45) is 3.42. The Bertz CT molecular complexity index is 540. The van der Waals surface area contributed by atoms with Crippen molar-refractivity contribution in [2.75, 3.05) is 33.3 Å². The normalized spacial score (nSPS) is 21.5. The smallest absolute Gasteiger partial charge is 0.255 e. The van der Waals surface area contributed by atoms with Crippen LogP contribution in [0.15, 0.2) is 18.2 Å². The van der Waals surface area contributed by atoms with Crippen molar-refractivity contribution < 1.29 is 9.53 Å². The molecule has 2 atom stereocenters. The highest BCUT2D eigenvalue weighted by atomic mass is 35.5. The number of methoxy groups -OCH3 is 1. The highest BCUT2D eigenvalue weighted by Crippen LogP contribution is 2.23. The van der Waals surface area contributed by atoms with Crippen LogP contribution in [0.25, 0.3) is 0 Å². The van der Waals surface area contributed by atoms with E-state index < -0.39 is 0 Å². The largest absolute Gasteiger partial charge is 0.496 e. The number of nitrogens with zero attached hydrogens (tertiary/aromatic N) is 1. The summed E-state index contributed by atoms with van der Waals surface area (Å²) in [6.45, 7) is 8.87. The summed E-state index contributed by atoms with van der Waals surface area (Å²) in [4.78, 5) is 14.8. The predicted octanol–water partition coefficient (Wildman–Crippen LogP) is 3.84. The Morgan fingerprint density at radius 1 is 1.29 bits per heavy atom. The molecule has 1 aliphatic rings. The molecule has 0 aliphatic carbocycles. The van der Waals surface area contributed by atoms with Gasteiger partial charge in [0.1, 0.15) is 5.75 Å². The average molecular weight is 353 g/mol. The van der Waals surface area contributed by atoms with Gasteiger partial charge in [0.2, 0.25) is 0 Å². The maximum absolute atomic E-state index is 12.3. The summed E-state index contributed by atoms with van der Waals surface area (Å²) in [6, 6.07) is 5.08. The molecule has 1 aromatic carbocycles. The Hall–Kier alpha value is -1.26. The number of halogens is 1. The average Bonchev–Trinajstić information content (AvgIpc) is 2.53. The number of benzene rings is 1. The molecule has 134 valence electrons. The molecule has 1 amide bonds. The number of carbonyl (C=O) groups excluding carboxylic acids is 1. The molecule has 0 spiro atoms. The van der Waals surface area contributed by atoms with Crippen molar-refractivity contribution in [3.63, 3.8) is 0 Å². The summed E-state index contributed by atoms with van der Waals surface area (Å²) in [5, 5.41) is 3.50. The molecular weight excluding hydrogens is 324 g/mol. The summed E-state index contributed by atoms with van der Waals surface area (Å²) in [5.41, 5.74) is 0.490. The van der Waals surface area contributed by atoms with E-state index in [-0.39, 0.29) is 5.91 Å². The first kappa shape index (κ1) is 19.1. The Kier molecular flexibility index (Phi) is 7.38. The topological polar surface area (TPSA) is 41.6 Å². The molecule has 1 fully saturated rings. The zero-order valence-corrected chi connectivity index (χ0v) is 15.7. The van der Waals surface area contributed by atoms with E-state index in [1.54, 1.807) is 25.3 Å². The first-order valence-electron chi connectivity index (χ1n) is 8.83. The molecule has 5 heteroatoms. The summed E-state index contributed by atoms with van der Waals surface area (Å²) in [7, 11) is 1.56. The van der Waals surface area contributed by atoms with Crippen LogP contribution in [0.2, 0.25) is 5.02 Å². The second kappa shape index (κ2) is 9.28. The molecule has 1 N–H and O–H groups in total. The van der Waals surface area contributed by atoms with Crippen LogP contribution in [0, 0.1) is 11.8 Å². The first-order chi connectivity index (χ1) is 11.5. The molecule has 1 aromatic rings. The van der Waals surface area contributed by atoms with Crippen molar-refractivity contribution in [3.8, 4) is 5.75 Å². The van der Waals surface area contributed by atoms with Gasteiger partial charge in [-0.1, -0.05) is 25.4 Å². The lowest BCUT2D eigenvalue weighted by Gasteiger charge is -2.34. The lowest BCUT2D eigenvalue weighted by Crippen LogP contribution is -2.39. The molecule has 1 heterocycles. The number of unbranched alkanes of at least 4 members (excludes halogenated alkanes) is 1. The van der Waals surface area contributed by atoms with Crippen molar-refractivity contribution in [2.24, 2.45) is 11.8 Å². The summed E-state index contributed by atoms with van der Waals surface area (Å²) in [5.74, 6) is 2.01. The lowest BCUT2D eigenvalue weighted by atomic mass is 9.92. The van der Waals surface area contributed by atoms with E-state index >= 15 is 0 Å². The third-order valence-corrected chi connectivity index (χ3v) is 4.77. The minimum atomic E-state index is -0.130. The molecule has 1 aliphatic heterocycles. The molecule has 2 rings (SSSR count). The molecule has 24 heavy (non-hydrogen) atoms. The van der Waals surface area contributed by atoms with Gasteiger partial charge >= 0.3 is 0 Å². The quantitative estimate of drug-likeness (QED) is 0.758. The first-order valence-corrected chi connectivity index (χ1v) is 9.21. The van der Waals surface area contributed by atoms with Gasteiger partial charge in [0.15, 0.2) is 0 Å². The van der Waals surface area contributed by atoms with Crippen LogP contribution in [0.4, 0.5) is 0 Å². The van der Waals surface area contributed by atoms with Gasteiger partial charge in [-0.25, -0.2) is 0 Å². The number of ether oxygens (including phenoxy) is 1. The standard InChI is InChI=1S/C19H29ClN2O2/c1-14-10-15(2)13-22(12-14)9-5-4-8-21-19(23)17-11-16(20)6-7-18(17)24-3/h6-7,11,14-15H,4-5,8-10,12-13H2,1-3H3,(H,21,23). The highest BCUT2D eigenvalue weighted by Gasteiger charge is 2.21. The van der Waals surface area contributed by atoms with E-state index in [4.69, 9.17) is 16.3 Å². The number of nitrogens with one attached hydrogen (secondary N) is 1. The molecule has 0 saturated carbocycles. The zero-order chi connectivity index (χ0) is 17.5. The molecule has 0 bridgehead atoms. The van der Waals surface area contributed by atoms with Crippen LogP contribution < -0.4 is 10.1 Å². The van der Waals surface area contributed by atoms with Gasteiger partial charge in [0.25, 0.3) is 5.91 Å². The highest BCUT2D eigenvalue weighted by molar-refractivity contribution is 6.31. The predicted molar refractivity (Wildman–Crippen MR) is 99.0 cm³/mol. The molecule has 0 radical (unpaired) electrons. The second-order valence-electron chi connectivity index (χ2n) is 7.01. The number of likely N-dealkylation sites (tertiary alicyclic amines) is 1. The van der Waals surface area contributed by atoms with Crippen LogP contribution >= 0.6 is 11.6 Å². The lowest BCUT2D eigenvalue weighted by molar-refractivity contribution is 0.0948. The number of rotatable bonds is 7. The maximum atomic E-state index is 12.3. The molecular formula is C19H29ClN2O2. The van der Waals surface area contributed by atoms with Crippen molar-refractivity contribution >= 4 is 17.5 Å². The van der Waals surface area contributed by atoms with E-state index in [9.17, 15) is 4.79 Å². The Morgan fingerprint density at radius 2 is 2.00 bits per heavy atom. The fourth-order valence-electron chi connectivity index (χ4n) is 3.59. The fourth-order valence-corrected chi connectivity index (χ4v) is 3.76. The molecule has 0 aromatic heterocycles. The minimum Gasteiger partial charge on any atom is -0.496 e. The van der Waals surface area contributed by atoms with E-state index in [0.717, 1.165) is 31.2 Å².